The predicted octanol–water partition coefficient (Wildman–Crippen LogP) is 6.67. The molecule has 4 heteroatoms. The fourth-order valence-electron chi connectivity index (χ4n) is 3.37. The van der Waals surface area contributed by atoms with Gasteiger partial charge >= 0.3 is 0 Å². The first-order valence-corrected chi connectivity index (χ1v) is 10.9. The van der Waals surface area contributed by atoms with Crippen LogP contribution in [0.4, 0.5) is 11.4 Å². The lowest BCUT2D eigenvalue weighted by molar-refractivity contribution is -0.113. The number of amidine groups is 1. The lowest BCUT2D eigenvalue weighted by Crippen LogP contribution is -2.29. The van der Waals surface area contributed by atoms with Crippen LogP contribution in [0.1, 0.15) is 29.2 Å². The number of carbonyl (C=O) groups excluding carboxylic acids is 1. The number of para-hydroxylation sites is 2. The number of aliphatic imine (C=N–C) groups is 1. The van der Waals surface area contributed by atoms with E-state index in [2.05, 4.69) is 31.2 Å². The topological polar surface area (TPSA) is 32.7 Å². The molecule has 30 heavy (non-hydrogen) atoms. The highest BCUT2D eigenvalue weighted by molar-refractivity contribution is 8.19. The molecule has 3 aromatic carbocycles. The fraction of sp³-hybridized carbons (Fsp3) is 0.154. The second kappa shape index (κ2) is 8.72. The van der Waals surface area contributed by atoms with Gasteiger partial charge in [-0.25, -0.2) is 4.99 Å². The molecule has 0 N–H and O–H groups in total. The number of hydrogen-bond donors (Lipinski definition) is 0. The Bertz CT molecular complexity index is 1150. The average Bonchev–Trinajstić information content (AvgIpc) is 3.05. The number of benzene rings is 3. The van der Waals surface area contributed by atoms with Crippen molar-refractivity contribution < 1.29 is 4.79 Å². The standard InChI is InChI=1S/C26H24N2OS/c1-4-20-13-15-21(16-14-20)17-24-25(29)28(23-12-8-6-10-19(23)3)26(30-24)27-22-11-7-5-9-18(22)2/h5-17H,4H2,1-3H3. The van der Waals surface area contributed by atoms with Crippen LogP contribution in [0.25, 0.3) is 6.08 Å². The van der Waals surface area contributed by atoms with Crippen LogP contribution in [0.2, 0.25) is 0 Å². The van der Waals surface area contributed by atoms with Gasteiger partial charge in [0.2, 0.25) is 0 Å². The van der Waals surface area contributed by atoms with Gasteiger partial charge in [-0.3, -0.25) is 9.69 Å². The molecule has 4 rings (SSSR count). The number of thioether (sulfide) groups is 1. The van der Waals surface area contributed by atoms with Gasteiger partial charge in [-0.2, -0.15) is 0 Å². The van der Waals surface area contributed by atoms with Crippen molar-refractivity contribution in [3.05, 3.63) is 100.0 Å². The second-order valence-electron chi connectivity index (χ2n) is 7.31. The van der Waals surface area contributed by atoms with Gasteiger partial charge in [0.05, 0.1) is 16.3 Å². The van der Waals surface area contributed by atoms with Crippen molar-refractivity contribution in [2.45, 2.75) is 27.2 Å². The number of nitrogens with zero attached hydrogens (tertiary/aromatic N) is 2. The SMILES string of the molecule is CCc1ccc(C=C2SC(=Nc3ccccc3C)N(c3ccccc3C)C2=O)cc1. The maximum Gasteiger partial charge on any atom is 0.271 e. The van der Waals surface area contributed by atoms with E-state index in [-0.39, 0.29) is 5.91 Å². The molecule has 1 heterocycles. The molecule has 0 bridgehead atoms. The van der Waals surface area contributed by atoms with Crippen molar-refractivity contribution >= 4 is 40.3 Å². The summed E-state index contributed by atoms with van der Waals surface area (Å²) in [5, 5.41) is 0.681. The molecule has 0 aliphatic carbocycles. The van der Waals surface area contributed by atoms with Crippen LogP contribution in [-0.4, -0.2) is 11.1 Å². The third-order valence-electron chi connectivity index (χ3n) is 5.18. The molecule has 0 aromatic heterocycles. The molecule has 0 radical (unpaired) electrons. The van der Waals surface area contributed by atoms with Gasteiger partial charge in [0.1, 0.15) is 0 Å². The van der Waals surface area contributed by atoms with E-state index in [4.69, 9.17) is 4.99 Å². The van der Waals surface area contributed by atoms with Crippen LogP contribution in [0.5, 0.6) is 0 Å². The van der Waals surface area contributed by atoms with Gasteiger partial charge in [0, 0.05) is 0 Å². The highest BCUT2D eigenvalue weighted by atomic mass is 32.2. The Morgan fingerprint density at radius 3 is 2.23 bits per heavy atom. The van der Waals surface area contributed by atoms with Gasteiger partial charge in [-0.15, -0.1) is 0 Å². The van der Waals surface area contributed by atoms with E-state index in [9.17, 15) is 4.79 Å². The third kappa shape index (κ3) is 4.10. The molecule has 0 spiro atoms. The highest BCUT2D eigenvalue weighted by Crippen LogP contribution is 2.38. The summed E-state index contributed by atoms with van der Waals surface area (Å²) >= 11 is 1.43. The smallest absolute Gasteiger partial charge is 0.268 e. The zero-order valence-electron chi connectivity index (χ0n) is 17.4. The summed E-state index contributed by atoms with van der Waals surface area (Å²) in [6.45, 7) is 6.19. The molecule has 3 aromatic rings. The van der Waals surface area contributed by atoms with E-state index in [1.165, 1.54) is 17.3 Å². The first-order chi connectivity index (χ1) is 14.6. The average molecular weight is 413 g/mol. The lowest BCUT2D eigenvalue weighted by atomic mass is 10.1. The first kappa shape index (κ1) is 20.2. The lowest BCUT2D eigenvalue weighted by Gasteiger charge is -2.18. The molecule has 1 aliphatic rings. The molecule has 3 nitrogen and oxygen atoms in total. The predicted molar refractivity (Wildman–Crippen MR) is 128 cm³/mol. The van der Waals surface area contributed by atoms with E-state index in [1.54, 1.807) is 4.90 Å². The number of amides is 1. The van der Waals surface area contributed by atoms with Crippen molar-refractivity contribution in [3.63, 3.8) is 0 Å². The van der Waals surface area contributed by atoms with E-state index < -0.39 is 0 Å². The molecule has 0 saturated carbocycles. The summed E-state index contributed by atoms with van der Waals surface area (Å²) in [5.74, 6) is -0.0406. The van der Waals surface area contributed by atoms with Crippen molar-refractivity contribution in [3.8, 4) is 0 Å². The summed E-state index contributed by atoms with van der Waals surface area (Å²) in [7, 11) is 0. The van der Waals surface area contributed by atoms with Gasteiger partial charge in [0.25, 0.3) is 5.91 Å². The molecule has 0 unspecified atom stereocenters. The van der Waals surface area contributed by atoms with Gasteiger partial charge < -0.3 is 0 Å². The van der Waals surface area contributed by atoms with Gasteiger partial charge in [-0.1, -0.05) is 67.6 Å². The zero-order valence-corrected chi connectivity index (χ0v) is 18.2. The number of aryl methyl sites for hydroxylation is 3. The molecule has 1 amide bonds. The van der Waals surface area contributed by atoms with E-state index >= 15 is 0 Å². The Labute approximate surface area is 182 Å². The Hall–Kier alpha value is -3.11. The van der Waals surface area contributed by atoms with Crippen LogP contribution >= 0.6 is 11.8 Å². The minimum absolute atomic E-state index is 0.0406. The maximum atomic E-state index is 13.4. The van der Waals surface area contributed by atoms with E-state index in [0.717, 1.165) is 34.5 Å². The summed E-state index contributed by atoms with van der Waals surface area (Å²) in [6, 6.07) is 24.3. The molecular formula is C26H24N2OS. The second-order valence-corrected chi connectivity index (χ2v) is 8.32. The summed E-state index contributed by atoms with van der Waals surface area (Å²) in [6.07, 6.45) is 2.96. The molecular weight excluding hydrogens is 388 g/mol. The van der Waals surface area contributed by atoms with Crippen LogP contribution < -0.4 is 4.90 Å². The van der Waals surface area contributed by atoms with Crippen LogP contribution in [0.15, 0.2) is 82.7 Å². The fourth-order valence-corrected chi connectivity index (χ4v) is 4.36. The molecule has 1 saturated heterocycles. The molecule has 1 aliphatic heterocycles. The van der Waals surface area contributed by atoms with Gasteiger partial charge in [0.15, 0.2) is 5.17 Å². The normalized spacial score (nSPS) is 16.6. The summed E-state index contributed by atoms with van der Waals surface area (Å²) < 4.78 is 0. The highest BCUT2D eigenvalue weighted by Gasteiger charge is 2.35. The van der Waals surface area contributed by atoms with Crippen molar-refractivity contribution in [1.29, 1.82) is 0 Å². The third-order valence-corrected chi connectivity index (χ3v) is 6.15. The van der Waals surface area contributed by atoms with Crippen LogP contribution in [0.3, 0.4) is 0 Å². The van der Waals surface area contributed by atoms with Crippen LogP contribution in [0, 0.1) is 13.8 Å². The number of anilines is 1. The quantitative estimate of drug-likeness (QED) is 0.448. The van der Waals surface area contributed by atoms with E-state index in [1.807, 2.05) is 68.5 Å². The minimum atomic E-state index is -0.0406. The Morgan fingerprint density at radius 1 is 0.900 bits per heavy atom. The monoisotopic (exact) mass is 412 g/mol. The van der Waals surface area contributed by atoms with Crippen molar-refractivity contribution in [1.82, 2.24) is 0 Å². The molecule has 0 atom stereocenters. The van der Waals surface area contributed by atoms with Gasteiger partial charge in [-0.05, 0) is 72.5 Å². The van der Waals surface area contributed by atoms with Crippen molar-refractivity contribution in [2.75, 3.05) is 4.90 Å². The molecule has 1 fully saturated rings. The minimum Gasteiger partial charge on any atom is -0.268 e. The van der Waals surface area contributed by atoms with Crippen LogP contribution in [-0.2, 0) is 11.2 Å². The Balaban J connectivity index is 1.79. The number of rotatable bonds is 4. The zero-order chi connectivity index (χ0) is 21.1. The summed E-state index contributed by atoms with van der Waals surface area (Å²) in [5.41, 5.74) is 6.16. The summed E-state index contributed by atoms with van der Waals surface area (Å²) in [4.78, 5) is 20.7. The molecule has 150 valence electrons. The van der Waals surface area contributed by atoms with E-state index in [0.29, 0.717) is 10.1 Å². The Kier molecular flexibility index (Phi) is 5.86. The number of hydrogen-bond acceptors (Lipinski definition) is 3. The maximum absolute atomic E-state index is 13.4. The first-order valence-electron chi connectivity index (χ1n) is 10.1. The largest absolute Gasteiger partial charge is 0.271 e. The van der Waals surface area contributed by atoms with Crippen molar-refractivity contribution in [2.24, 2.45) is 4.99 Å². The Morgan fingerprint density at radius 2 is 1.57 bits per heavy atom. The number of carbonyl (C=O) groups is 1.